The largest absolute Gasteiger partial charge is 0.465 e. The van der Waals surface area contributed by atoms with Crippen molar-refractivity contribution in [3.05, 3.63) is 42.1 Å². The summed E-state index contributed by atoms with van der Waals surface area (Å²) in [7, 11) is 0. The maximum Gasteiger partial charge on any atom is 0.276 e. The van der Waals surface area contributed by atoms with E-state index in [-0.39, 0.29) is 11.9 Å². The van der Waals surface area contributed by atoms with E-state index in [9.17, 15) is 4.79 Å². The van der Waals surface area contributed by atoms with Gasteiger partial charge in [-0.05, 0) is 51.4 Å². The van der Waals surface area contributed by atoms with Crippen molar-refractivity contribution in [2.75, 3.05) is 32.7 Å². The fraction of sp³-hybridized carbons (Fsp3) is 0.526. The van der Waals surface area contributed by atoms with E-state index in [2.05, 4.69) is 21.3 Å². The van der Waals surface area contributed by atoms with Gasteiger partial charge >= 0.3 is 0 Å². The third kappa shape index (κ3) is 4.40. The van der Waals surface area contributed by atoms with Crippen LogP contribution in [0, 0.1) is 0 Å². The Morgan fingerprint density at radius 3 is 3.00 bits per heavy atom. The van der Waals surface area contributed by atoms with Gasteiger partial charge in [0.25, 0.3) is 5.91 Å². The Labute approximate surface area is 154 Å². The molecule has 0 N–H and O–H groups in total. The molecule has 0 bridgehead atoms. The van der Waals surface area contributed by atoms with Crippen LogP contribution in [0.2, 0.25) is 0 Å². The highest BCUT2D eigenvalue weighted by Gasteiger charge is 2.23. The van der Waals surface area contributed by atoms with E-state index >= 15 is 0 Å². The van der Waals surface area contributed by atoms with Crippen LogP contribution in [0.15, 0.2) is 35.1 Å². The summed E-state index contributed by atoms with van der Waals surface area (Å²) in [6.45, 7) is 8.16. The number of rotatable bonds is 7. The first-order valence-electron chi connectivity index (χ1n) is 9.34. The number of amides is 1. The van der Waals surface area contributed by atoms with E-state index < -0.39 is 0 Å². The summed E-state index contributed by atoms with van der Waals surface area (Å²) in [5.41, 5.74) is 0.434. The first kappa shape index (κ1) is 18.4. The Morgan fingerprint density at radius 2 is 2.27 bits per heavy atom. The smallest absolute Gasteiger partial charge is 0.276 e. The SMILES string of the molecule is CCN(CC)C(=O)c1cn(C2CCCN(C/C=C/c3ccco3)C2)nn1. The van der Waals surface area contributed by atoms with E-state index in [1.165, 1.54) is 0 Å². The molecule has 0 aromatic carbocycles. The number of piperidine rings is 1. The lowest BCUT2D eigenvalue weighted by Crippen LogP contribution is -2.36. The predicted molar refractivity (Wildman–Crippen MR) is 99.7 cm³/mol. The number of likely N-dealkylation sites (tertiary alicyclic amines) is 1. The molecule has 1 amide bonds. The van der Waals surface area contributed by atoms with Crippen LogP contribution in [0.3, 0.4) is 0 Å². The Hall–Kier alpha value is -2.41. The molecule has 140 valence electrons. The molecular formula is C19H27N5O2. The number of hydrogen-bond acceptors (Lipinski definition) is 5. The Balaban J connectivity index is 1.58. The van der Waals surface area contributed by atoms with Crippen LogP contribution in [0.1, 0.15) is 49.0 Å². The van der Waals surface area contributed by atoms with Crippen molar-refractivity contribution in [1.29, 1.82) is 0 Å². The summed E-state index contributed by atoms with van der Waals surface area (Å²) in [5.74, 6) is 0.824. The van der Waals surface area contributed by atoms with Gasteiger partial charge in [0.2, 0.25) is 0 Å². The van der Waals surface area contributed by atoms with Gasteiger partial charge in [0, 0.05) is 26.2 Å². The van der Waals surface area contributed by atoms with Crippen molar-refractivity contribution in [3.63, 3.8) is 0 Å². The molecule has 0 radical (unpaired) electrons. The fourth-order valence-electron chi connectivity index (χ4n) is 3.34. The fourth-order valence-corrected chi connectivity index (χ4v) is 3.34. The maximum absolute atomic E-state index is 12.4. The topological polar surface area (TPSA) is 67.4 Å². The van der Waals surface area contributed by atoms with Gasteiger partial charge in [-0.2, -0.15) is 0 Å². The minimum absolute atomic E-state index is 0.0460. The Kier molecular flexibility index (Phi) is 6.22. The maximum atomic E-state index is 12.4. The monoisotopic (exact) mass is 357 g/mol. The average Bonchev–Trinajstić information content (AvgIpc) is 3.35. The third-order valence-corrected chi connectivity index (χ3v) is 4.82. The highest BCUT2D eigenvalue weighted by atomic mass is 16.3. The molecular weight excluding hydrogens is 330 g/mol. The number of hydrogen-bond donors (Lipinski definition) is 0. The second-order valence-corrected chi connectivity index (χ2v) is 6.53. The highest BCUT2D eigenvalue weighted by molar-refractivity contribution is 5.91. The summed E-state index contributed by atoms with van der Waals surface area (Å²) >= 11 is 0. The van der Waals surface area contributed by atoms with Gasteiger partial charge < -0.3 is 9.32 Å². The molecule has 1 aliphatic rings. The van der Waals surface area contributed by atoms with Crippen LogP contribution in [-0.2, 0) is 0 Å². The van der Waals surface area contributed by atoms with E-state index in [1.54, 1.807) is 17.4 Å². The highest BCUT2D eigenvalue weighted by Crippen LogP contribution is 2.21. The van der Waals surface area contributed by atoms with E-state index in [1.807, 2.05) is 36.7 Å². The number of carbonyl (C=O) groups is 1. The van der Waals surface area contributed by atoms with Gasteiger partial charge in [-0.15, -0.1) is 5.10 Å². The molecule has 2 aromatic rings. The normalized spacial score (nSPS) is 18.5. The molecule has 0 saturated carbocycles. The van der Waals surface area contributed by atoms with Crippen LogP contribution in [-0.4, -0.2) is 63.4 Å². The summed E-state index contributed by atoms with van der Waals surface area (Å²) in [4.78, 5) is 16.6. The zero-order chi connectivity index (χ0) is 18.4. The molecule has 7 heteroatoms. The summed E-state index contributed by atoms with van der Waals surface area (Å²) in [6, 6.07) is 4.09. The van der Waals surface area contributed by atoms with Crippen LogP contribution in [0.25, 0.3) is 6.08 Å². The molecule has 3 heterocycles. The van der Waals surface area contributed by atoms with Gasteiger partial charge in [0.05, 0.1) is 18.5 Å². The van der Waals surface area contributed by atoms with Crippen LogP contribution in [0.4, 0.5) is 0 Å². The zero-order valence-corrected chi connectivity index (χ0v) is 15.5. The second-order valence-electron chi connectivity index (χ2n) is 6.53. The summed E-state index contributed by atoms with van der Waals surface area (Å²) in [5, 5.41) is 8.33. The van der Waals surface area contributed by atoms with Crippen molar-refractivity contribution in [3.8, 4) is 0 Å². The molecule has 1 aliphatic heterocycles. The predicted octanol–water partition coefficient (Wildman–Crippen LogP) is 2.70. The molecule has 0 spiro atoms. The Morgan fingerprint density at radius 1 is 1.42 bits per heavy atom. The number of furan rings is 1. The van der Waals surface area contributed by atoms with Crippen LogP contribution < -0.4 is 0 Å². The number of aromatic nitrogens is 3. The van der Waals surface area contributed by atoms with Crippen molar-refractivity contribution in [1.82, 2.24) is 24.8 Å². The molecule has 26 heavy (non-hydrogen) atoms. The average molecular weight is 357 g/mol. The zero-order valence-electron chi connectivity index (χ0n) is 15.5. The third-order valence-electron chi connectivity index (χ3n) is 4.82. The quantitative estimate of drug-likeness (QED) is 0.762. The molecule has 1 fully saturated rings. The standard InChI is InChI=1S/C19H27N5O2/c1-3-23(4-2)19(25)18-15-24(21-20-18)16-8-5-11-22(14-16)12-6-9-17-10-7-13-26-17/h6-7,9-10,13,15-16H,3-5,8,11-12,14H2,1-2H3/b9-6+. The molecule has 0 aliphatic carbocycles. The van der Waals surface area contributed by atoms with E-state index in [4.69, 9.17) is 4.42 Å². The number of nitrogens with zero attached hydrogens (tertiary/aromatic N) is 5. The summed E-state index contributed by atoms with van der Waals surface area (Å²) < 4.78 is 7.17. The number of carbonyl (C=O) groups excluding carboxylic acids is 1. The minimum atomic E-state index is -0.0460. The molecule has 3 rings (SSSR count). The lowest BCUT2D eigenvalue weighted by molar-refractivity contribution is 0.0767. The van der Waals surface area contributed by atoms with E-state index in [0.29, 0.717) is 18.8 Å². The molecule has 1 unspecified atom stereocenters. The Bertz CT molecular complexity index is 718. The van der Waals surface area contributed by atoms with Crippen LogP contribution >= 0.6 is 0 Å². The molecule has 2 aromatic heterocycles. The molecule has 1 saturated heterocycles. The summed E-state index contributed by atoms with van der Waals surface area (Å²) in [6.07, 6.45) is 9.77. The lowest BCUT2D eigenvalue weighted by Gasteiger charge is -2.31. The van der Waals surface area contributed by atoms with Crippen LogP contribution in [0.5, 0.6) is 0 Å². The van der Waals surface area contributed by atoms with Crippen molar-refractivity contribution < 1.29 is 9.21 Å². The van der Waals surface area contributed by atoms with Gasteiger partial charge in [0.1, 0.15) is 5.76 Å². The van der Waals surface area contributed by atoms with E-state index in [0.717, 1.165) is 38.2 Å². The van der Waals surface area contributed by atoms with Gasteiger partial charge in [0.15, 0.2) is 5.69 Å². The molecule has 1 atom stereocenters. The first-order chi connectivity index (χ1) is 12.7. The second kappa shape index (κ2) is 8.80. The van der Waals surface area contributed by atoms with Gasteiger partial charge in [-0.1, -0.05) is 11.3 Å². The van der Waals surface area contributed by atoms with Crippen molar-refractivity contribution >= 4 is 12.0 Å². The van der Waals surface area contributed by atoms with Crippen molar-refractivity contribution in [2.24, 2.45) is 0 Å². The van der Waals surface area contributed by atoms with Gasteiger partial charge in [-0.25, -0.2) is 4.68 Å². The first-order valence-corrected chi connectivity index (χ1v) is 9.34. The molecule has 7 nitrogen and oxygen atoms in total. The van der Waals surface area contributed by atoms with Gasteiger partial charge in [-0.3, -0.25) is 9.69 Å². The minimum Gasteiger partial charge on any atom is -0.465 e. The lowest BCUT2D eigenvalue weighted by atomic mass is 10.1. The van der Waals surface area contributed by atoms with Crippen molar-refractivity contribution in [2.45, 2.75) is 32.7 Å².